The highest BCUT2D eigenvalue weighted by molar-refractivity contribution is 4.97. The summed E-state index contributed by atoms with van der Waals surface area (Å²) in [6, 6.07) is 2.01. The van der Waals surface area contributed by atoms with E-state index >= 15 is 0 Å². The molecule has 0 aliphatic heterocycles. The second-order valence-corrected chi connectivity index (χ2v) is 4.15. The van der Waals surface area contributed by atoms with Gasteiger partial charge in [-0.1, -0.05) is 33.1 Å². The van der Waals surface area contributed by atoms with E-state index in [1.807, 2.05) is 16.9 Å². The average Bonchev–Trinajstić information content (AvgIpc) is 2.71. The van der Waals surface area contributed by atoms with Crippen LogP contribution in [0.5, 0.6) is 0 Å². The Morgan fingerprint density at radius 2 is 2.27 bits per heavy atom. The molecule has 0 aliphatic carbocycles. The summed E-state index contributed by atoms with van der Waals surface area (Å²) in [5, 5.41) is 4.42. The lowest BCUT2D eigenvalue weighted by Crippen LogP contribution is -2.11. The van der Waals surface area contributed by atoms with Crippen LogP contribution in [-0.4, -0.2) is 9.78 Å². The molecule has 1 aromatic rings. The van der Waals surface area contributed by atoms with Gasteiger partial charge in [0.2, 0.25) is 0 Å². The largest absolute Gasteiger partial charge is 0.325 e. The summed E-state index contributed by atoms with van der Waals surface area (Å²) in [7, 11) is 0. The second-order valence-electron chi connectivity index (χ2n) is 4.15. The van der Waals surface area contributed by atoms with Crippen molar-refractivity contribution in [2.45, 2.75) is 52.6 Å². The summed E-state index contributed by atoms with van der Waals surface area (Å²) in [4.78, 5) is 0. The van der Waals surface area contributed by atoms with Crippen LogP contribution < -0.4 is 5.73 Å². The van der Waals surface area contributed by atoms with E-state index in [9.17, 15) is 0 Å². The maximum atomic E-state index is 5.53. The first-order valence-electron chi connectivity index (χ1n) is 6.02. The van der Waals surface area contributed by atoms with Gasteiger partial charge >= 0.3 is 0 Å². The first-order valence-corrected chi connectivity index (χ1v) is 6.02. The predicted molar refractivity (Wildman–Crippen MR) is 63.4 cm³/mol. The summed E-state index contributed by atoms with van der Waals surface area (Å²) in [5.74, 6) is 0.760. The summed E-state index contributed by atoms with van der Waals surface area (Å²) >= 11 is 0. The van der Waals surface area contributed by atoms with Crippen LogP contribution >= 0.6 is 0 Å². The van der Waals surface area contributed by atoms with E-state index in [4.69, 9.17) is 5.73 Å². The molecular formula is C12H23N3. The lowest BCUT2D eigenvalue weighted by atomic mass is 10.00. The van der Waals surface area contributed by atoms with Gasteiger partial charge in [-0.05, 0) is 18.4 Å². The Hall–Kier alpha value is -0.830. The molecule has 0 saturated heterocycles. The quantitative estimate of drug-likeness (QED) is 0.750. The Labute approximate surface area is 92.7 Å². The van der Waals surface area contributed by atoms with E-state index in [0.29, 0.717) is 6.54 Å². The zero-order valence-electron chi connectivity index (χ0n) is 9.95. The molecule has 1 atom stereocenters. The Bertz CT molecular complexity index is 268. The Morgan fingerprint density at radius 3 is 2.80 bits per heavy atom. The Morgan fingerprint density at radius 1 is 1.47 bits per heavy atom. The minimum Gasteiger partial charge on any atom is -0.325 e. The summed E-state index contributed by atoms with van der Waals surface area (Å²) < 4.78 is 2.03. The average molecular weight is 209 g/mol. The molecule has 0 saturated carbocycles. The van der Waals surface area contributed by atoms with Crippen LogP contribution in [-0.2, 0) is 13.1 Å². The molecule has 1 aromatic heterocycles. The normalized spacial score (nSPS) is 13.0. The van der Waals surface area contributed by atoms with E-state index in [1.165, 1.54) is 25.7 Å². The van der Waals surface area contributed by atoms with Crippen LogP contribution in [0.15, 0.2) is 12.3 Å². The summed E-state index contributed by atoms with van der Waals surface area (Å²) in [6.45, 7) is 6.08. The van der Waals surface area contributed by atoms with Crippen molar-refractivity contribution in [2.75, 3.05) is 0 Å². The molecule has 0 fully saturated rings. The van der Waals surface area contributed by atoms with Crippen LogP contribution in [0.3, 0.4) is 0 Å². The van der Waals surface area contributed by atoms with Crippen molar-refractivity contribution in [2.24, 2.45) is 11.7 Å². The molecule has 86 valence electrons. The van der Waals surface area contributed by atoms with Crippen molar-refractivity contribution in [1.29, 1.82) is 0 Å². The minimum absolute atomic E-state index is 0.540. The first kappa shape index (κ1) is 12.2. The molecule has 0 aromatic carbocycles. The lowest BCUT2D eigenvalue weighted by molar-refractivity contribution is 0.371. The fraction of sp³-hybridized carbons (Fsp3) is 0.750. The third kappa shape index (κ3) is 4.04. The van der Waals surface area contributed by atoms with Gasteiger partial charge in [0.05, 0.1) is 5.69 Å². The smallest absolute Gasteiger partial charge is 0.0760 e. The maximum absolute atomic E-state index is 5.53. The zero-order valence-corrected chi connectivity index (χ0v) is 9.95. The van der Waals surface area contributed by atoms with Crippen molar-refractivity contribution < 1.29 is 0 Å². The SMILES string of the molecule is CCCCC(CC)Cn1ccc(CN)n1. The fourth-order valence-corrected chi connectivity index (χ4v) is 1.80. The number of hydrogen-bond donors (Lipinski definition) is 1. The van der Waals surface area contributed by atoms with Crippen LogP contribution in [0, 0.1) is 5.92 Å². The predicted octanol–water partition coefficient (Wildman–Crippen LogP) is 2.56. The van der Waals surface area contributed by atoms with Crippen molar-refractivity contribution in [3.05, 3.63) is 18.0 Å². The second kappa shape index (κ2) is 6.62. The van der Waals surface area contributed by atoms with Gasteiger partial charge in [0.25, 0.3) is 0 Å². The molecule has 15 heavy (non-hydrogen) atoms. The topological polar surface area (TPSA) is 43.8 Å². The minimum atomic E-state index is 0.540. The van der Waals surface area contributed by atoms with Crippen molar-refractivity contribution >= 4 is 0 Å². The molecule has 2 N–H and O–H groups in total. The number of unbranched alkanes of at least 4 members (excludes halogenated alkanes) is 1. The molecule has 1 heterocycles. The van der Waals surface area contributed by atoms with E-state index in [1.54, 1.807) is 0 Å². The fourth-order valence-electron chi connectivity index (χ4n) is 1.80. The molecule has 1 unspecified atom stereocenters. The number of nitrogens with zero attached hydrogens (tertiary/aromatic N) is 2. The number of nitrogens with two attached hydrogens (primary N) is 1. The number of aromatic nitrogens is 2. The summed E-state index contributed by atoms with van der Waals surface area (Å²) in [6.07, 6.45) is 7.19. The van der Waals surface area contributed by atoms with Gasteiger partial charge in [-0.25, -0.2) is 0 Å². The van der Waals surface area contributed by atoms with Gasteiger partial charge in [0.15, 0.2) is 0 Å². The van der Waals surface area contributed by atoms with Crippen molar-refractivity contribution in [3.63, 3.8) is 0 Å². The molecule has 3 heteroatoms. The zero-order chi connectivity index (χ0) is 11.1. The third-order valence-electron chi connectivity index (χ3n) is 2.89. The lowest BCUT2D eigenvalue weighted by Gasteiger charge is -2.14. The molecule has 1 rings (SSSR count). The molecular weight excluding hydrogens is 186 g/mol. The molecule has 3 nitrogen and oxygen atoms in total. The van der Waals surface area contributed by atoms with E-state index in [0.717, 1.165) is 18.2 Å². The van der Waals surface area contributed by atoms with Gasteiger partial charge in [-0.2, -0.15) is 5.10 Å². The van der Waals surface area contributed by atoms with Gasteiger partial charge in [0.1, 0.15) is 0 Å². The van der Waals surface area contributed by atoms with E-state index < -0.39 is 0 Å². The van der Waals surface area contributed by atoms with Crippen molar-refractivity contribution in [3.8, 4) is 0 Å². The number of rotatable bonds is 7. The Balaban J connectivity index is 2.43. The highest BCUT2D eigenvalue weighted by atomic mass is 15.3. The van der Waals surface area contributed by atoms with Gasteiger partial charge in [-0.3, -0.25) is 4.68 Å². The highest BCUT2D eigenvalue weighted by Gasteiger charge is 2.07. The summed E-state index contributed by atoms with van der Waals surface area (Å²) in [5.41, 5.74) is 6.52. The van der Waals surface area contributed by atoms with Gasteiger partial charge in [0, 0.05) is 19.3 Å². The van der Waals surface area contributed by atoms with Crippen LogP contribution in [0.25, 0.3) is 0 Å². The monoisotopic (exact) mass is 209 g/mol. The molecule has 0 radical (unpaired) electrons. The standard InChI is InChI=1S/C12H23N3/c1-3-5-6-11(4-2)10-15-8-7-12(9-13)14-15/h7-8,11H,3-6,9-10,13H2,1-2H3. The Kier molecular flexibility index (Phi) is 5.40. The van der Waals surface area contributed by atoms with Crippen LogP contribution in [0.4, 0.5) is 0 Å². The van der Waals surface area contributed by atoms with Crippen LogP contribution in [0.1, 0.15) is 45.2 Å². The van der Waals surface area contributed by atoms with Gasteiger partial charge in [-0.15, -0.1) is 0 Å². The third-order valence-corrected chi connectivity index (χ3v) is 2.89. The van der Waals surface area contributed by atoms with Gasteiger partial charge < -0.3 is 5.73 Å². The van der Waals surface area contributed by atoms with E-state index in [2.05, 4.69) is 18.9 Å². The number of hydrogen-bond acceptors (Lipinski definition) is 2. The molecule has 0 amide bonds. The maximum Gasteiger partial charge on any atom is 0.0760 e. The first-order chi connectivity index (χ1) is 7.30. The van der Waals surface area contributed by atoms with E-state index in [-0.39, 0.29) is 0 Å². The highest BCUT2D eigenvalue weighted by Crippen LogP contribution is 2.14. The molecule has 0 spiro atoms. The molecule has 0 bridgehead atoms. The van der Waals surface area contributed by atoms with Crippen molar-refractivity contribution in [1.82, 2.24) is 9.78 Å². The van der Waals surface area contributed by atoms with Crippen LogP contribution in [0.2, 0.25) is 0 Å². The molecule has 0 aliphatic rings.